The van der Waals surface area contributed by atoms with Gasteiger partial charge in [0, 0.05) is 45.3 Å². The molecule has 1 aliphatic rings. The number of aromatic nitrogens is 1. The smallest absolute Gasteiger partial charge is 0.133 e. The van der Waals surface area contributed by atoms with Crippen LogP contribution in [0.25, 0.3) is 6.08 Å². The van der Waals surface area contributed by atoms with Crippen molar-refractivity contribution in [2.75, 3.05) is 32.7 Å². The highest BCUT2D eigenvalue weighted by Crippen LogP contribution is 2.12. The zero-order valence-corrected chi connectivity index (χ0v) is 14.0. The van der Waals surface area contributed by atoms with Crippen molar-refractivity contribution in [3.05, 3.63) is 59.0 Å². The number of hydrogen-bond acceptors (Lipinski definition) is 4. The number of nitrogens with zero attached hydrogens (tertiary/aromatic N) is 3. The molecule has 3 rings (SSSR count). The first kappa shape index (κ1) is 16.0. The second-order valence-electron chi connectivity index (χ2n) is 6.38. The van der Waals surface area contributed by atoms with Crippen molar-refractivity contribution < 1.29 is 4.52 Å². The van der Waals surface area contributed by atoms with Gasteiger partial charge in [-0.15, -0.1) is 0 Å². The van der Waals surface area contributed by atoms with Crippen molar-refractivity contribution in [2.24, 2.45) is 0 Å². The summed E-state index contributed by atoms with van der Waals surface area (Å²) in [6, 6.07) is 12.6. The lowest BCUT2D eigenvalue weighted by Crippen LogP contribution is -2.46. The van der Waals surface area contributed by atoms with Gasteiger partial charge in [0.25, 0.3) is 0 Å². The van der Waals surface area contributed by atoms with Crippen LogP contribution in [0.5, 0.6) is 0 Å². The van der Waals surface area contributed by atoms with Gasteiger partial charge in [-0.05, 0) is 19.4 Å². The van der Waals surface area contributed by atoms with Gasteiger partial charge in [-0.25, -0.2) is 0 Å². The summed E-state index contributed by atoms with van der Waals surface area (Å²) in [5, 5.41) is 4.08. The Kier molecular flexibility index (Phi) is 5.26. The Morgan fingerprint density at radius 2 is 1.83 bits per heavy atom. The van der Waals surface area contributed by atoms with E-state index in [1.165, 1.54) is 11.1 Å². The summed E-state index contributed by atoms with van der Waals surface area (Å²) in [6.07, 6.45) is 2.28. The van der Waals surface area contributed by atoms with Crippen molar-refractivity contribution in [1.82, 2.24) is 15.0 Å². The number of piperazine rings is 1. The van der Waals surface area contributed by atoms with E-state index in [2.05, 4.69) is 58.3 Å². The van der Waals surface area contributed by atoms with E-state index in [0.29, 0.717) is 0 Å². The fourth-order valence-corrected chi connectivity index (χ4v) is 3.06. The van der Waals surface area contributed by atoms with E-state index in [1.54, 1.807) is 0 Å². The van der Waals surface area contributed by atoms with Crippen molar-refractivity contribution in [3.63, 3.8) is 0 Å². The van der Waals surface area contributed by atoms with Gasteiger partial charge < -0.3 is 4.52 Å². The van der Waals surface area contributed by atoms with Crippen LogP contribution in [0, 0.1) is 6.92 Å². The Morgan fingerprint density at radius 3 is 2.48 bits per heavy atom. The van der Waals surface area contributed by atoms with Gasteiger partial charge in [0.2, 0.25) is 0 Å². The molecule has 2 aromatic rings. The first-order valence-corrected chi connectivity index (χ1v) is 8.28. The first-order valence-electron chi connectivity index (χ1n) is 8.28. The van der Waals surface area contributed by atoms with Gasteiger partial charge in [0.1, 0.15) is 5.76 Å². The Labute approximate surface area is 138 Å². The van der Waals surface area contributed by atoms with E-state index in [0.717, 1.165) is 50.7 Å². The van der Waals surface area contributed by atoms with Crippen LogP contribution in [0.15, 0.2) is 46.5 Å². The summed E-state index contributed by atoms with van der Waals surface area (Å²) in [5.74, 6) is 0.889. The molecule has 0 N–H and O–H groups in total. The van der Waals surface area contributed by atoms with Crippen LogP contribution in [-0.4, -0.2) is 47.7 Å². The second kappa shape index (κ2) is 7.57. The minimum Gasteiger partial charge on any atom is -0.361 e. The largest absolute Gasteiger partial charge is 0.361 e. The molecule has 0 saturated carbocycles. The molecule has 4 nitrogen and oxygen atoms in total. The predicted octanol–water partition coefficient (Wildman–Crippen LogP) is 3.20. The molecule has 23 heavy (non-hydrogen) atoms. The van der Waals surface area contributed by atoms with Gasteiger partial charge in [-0.2, -0.15) is 0 Å². The Balaban J connectivity index is 1.46. The average molecular weight is 311 g/mol. The lowest BCUT2D eigenvalue weighted by atomic mass is 10.1. The SMILES string of the molecule is CC(=Cc1ccccc1)CN1CCN(Cc2cc(C)on2)CC1. The van der Waals surface area contributed by atoms with E-state index in [4.69, 9.17) is 4.52 Å². The fraction of sp³-hybridized carbons (Fsp3) is 0.421. The fourth-order valence-electron chi connectivity index (χ4n) is 3.06. The third kappa shape index (κ3) is 4.78. The maximum atomic E-state index is 5.14. The molecule has 0 radical (unpaired) electrons. The number of hydrogen-bond donors (Lipinski definition) is 0. The van der Waals surface area contributed by atoms with Crippen LogP contribution in [0.3, 0.4) is 0 Å². The lowest BCUT2D eigenvalue weighted by molar-refractivity contribution is 0.132. The van der Waals surface area contributed by atoms with Gasteiger partial charge in [-0.1, -0.05) is 47.1 Å². The van der Waals surface area contributed by atoms with Gasteiger partial charge in [0.05, 0.1) is 5.69 Å². The van der Waals surface area contributed by atoms with Crippen LogP contribution in [0.4, 0.5) is 0 Å². The molecule has 0 bridgehead atoms. The topological polar surface area (TPSA) is 32.5 Å². The summed E-state index contributed by atoms with van der Waals surface area (Å²) in [7, 11) is 0. The minimum atomic E-state index is 0.889. The molecule has 1 aliphatic heterocycles. The van der Waals surface area contributed by atoms with Gasteiger partial charge in [0.15, 0.2) is 0 Å². The third-order valence-electron chi connectivity index (χ3n) is 4.21. The molecule has 1 saturated heterocycles. The Bertz CT molecular complexity index is 640. The van der Waals surface area contributed by atoms with Crippen molar-refractivity contribution in [3.8, 4) is 0 Å². The summed E-state index contributed by atoms with van der Waals surface area (Å²) < 4.78 is 5.14. The summed E-state index contributed by atoms with van der Waals surface area (Å²) in [6.45, 7) is 10.5. The molecule has 2 heterocycles. The molecule has 0 spiro atoms. The van der Waals surface area contributed by atoms with E-state index >= 15 is 0 Å². The molecule has 1 fully saturated rings. The van der Waals surface area contributed by atoms with Crippen LogP contribution >= 0.6 is 0 Å². The molecule has 0 atom stereocenters. The predicted molar refractivity (Wildman–Crippen MR) is 93.1 cm³/mol. The van der Waals surface area contributed by atoms with Crippen molar-refractivity contribution in [2.45, 2.75) is 20.4 Å². The normalized spacial score (nSPS) is 17.6. The highest BCUT2D eigenvalue weighted by atomic mass is 16.5. The Morgan fingerprint density at radius 1 is 1.13 bits per heavy atom. The summed E-state index contributed by atoms with van der Waals surface area (Å²) in [5.41, 5.74) is 3.73. The third-order valence-corrected chi connectivity index (χ3v) is 4.21. The first-order chi connectivity index (χ1) is 11.2. The monoisotopic (exact) mass is 311 g/mol. The zero-order valence-electron chi connectivity index (χ0n) is 14.0. The number of benzene rings is 1. The van der Waals surface area contributed by atoms with E-state index in [1.807, 2.05) is 13.0 Å². The van der Waals surface area contributed by atoms with Crippen molar-refractivity contribution >= 4 is 6.08 Å². The minimum absolute atomic E-state index is 0.889. The molecule has 122 valence electrons. The summed E-state index contributed by atoms with van der Waals surface area (Å²) in [4.78, 5) is 4.98. The molecule has 0 unspecified atom stereocenters. The number of aryl methyl sites for hydroxylation is 1. The molecule has 1 aromatic heterocycles. The van der Waals surface area contributed by atoms with Gasteiger partial charge in [-0.3, -0.25) is 9.80 Å². The Hall–Kier alpha value is -1.91. The lowest BCUT2D eigenvalue weighted by Gasteiger charge is -2.34. The molecule has 1 aromatic carbocycles. The van der Waals surface area contributed by atoms with Crippen LogP contribution < -0.4 is 0 Å². The van der Waals surface area contributed by atoms with Crippen molar-refractivity contribution in [1.29, 1.82) is 0 Å². The molecule has 0 amide bonds. The molecular weight excluding hydrogens is 286 g/mol. The zero-order chi connectivity index (χ0) is 16.1. The average Bonchev–Trinajstić information content (AvgIpc) is 2.95. The van der Waals surface area contributed by atoms with Crippen LogP contribution in [0.2, 0.25) is 0 Å². The van der Waals surface area contributed by atoms with E-state index in [-0.39, 0.29) is 0 Å². The second-order valence-corrected chi connectivity index (χ2v) is 6.38. The molecular formula is C19H25N3O. The maximum absolute atomic E-state index is 5.14. The summed E-state index contributed by atoms with van der Waals surface area (Å²) >= 11 is 0. The maximum Gasteiger partial charge on any atom is 0.133 e. The highest BCUT2D eigenvalue weighted by molar-refractivity contribution is 5.52. The highest BCUT2D eigenvalue weighted by Gasteiger charge is 2.18. The molecule has 0 aliphatic carbocycles. The van der Waals surface area contributed by atoms with E-state index < -0.39 is 0 Å². The standard InChI is InChI=1S/C19H25N3O/c1-16(12-18-6-4-3-5-7-18)14-21-8-10-22(11-9-21)15-19-13-17(2)23-20-19/h3-7,12-13H,8-11,14-15H2,1-2H3. The van der Waals surface area contributed by atoms with Crippen LogP contribution in [-0.2, 0) is 6.54 Å². The van der Waals surface area contributed by atoms with Crippen LogP contribution in [0.1, 0.15) is 23.9 Å². The number of rotatable bonds is 5. The quantitative estimate of drug-likeness (QED) is 0.849. The van der Waals surface area contributed by atoms with E-state index in [9.17, 15) is 0 Å². The van der Waals surface area contributed by atoms with Gasteiger partial charge >= 0.3 is 0 Å². The molecule has 4 heteroatoms.